The summed E-state index contributed by atoms with van der Waals surface area (Å²) in [4.78, 5) is 30.8. The Morgan fingerprint density at radius 1 is 1.02 bits per heavy atom. The minimum atomic E-state index is -2.61. The minimum Gasteiger partial charge on any atom is -0.354 e. The number of rotatable bonds is 8. The smallest absolute Gasteiger partial charge is 0.323 e. The molecule has 4 aromatic rings. The van der Waals surface area contributed by atoms with E-state index in [0.717, 1.165) is 42.4 Å². The average molecular weight is 625 g/mol. The Hall–Kier alpha value is -5.12. The van der Waals surface area contributed by atoms with Crippen molar-refractivity contribution in [3.8, 4) is 17.2 Å². The number of aromatic nitrogens is 5. The molecular formula is C33H34F2N10O. The molecule has 2 amide bonds. The lowest BCUT2D eigenvalue weighted by Gasteiger charge is -2.36. The van der Waals surface area contributed by atoms with E-state index in [4.69, 9.17) is 4.98 Å². The van der Waals surface area contributed by atoms with Gasteiger partial charge in [-0.05, 0) is 43.4 Å². The van der Waals surface area contributed by atoms with Gasteiger partial charge in [-0.3, -0.25) is 9.58 Å². The minimum absolute atomic E-state index is 0.0449. The number of amides is 2. The number of alkyl halides is 2. The predicted octanol–water partition coefficient (Wildman–Crippen LogP) is 4.98. The Balaban J connectivity index is 1.03. The summed E-state index contributed by atoms with van der Waals surface area (Å²) in [5.41, 5.74) is 3.14. The first kappa shape index (κ1) is 29.6. The van der Waals surface area contributed by atoms with Gasteiger partial charge in [0.2, 0.25) is 5.95 Å². The van der Waals surface area contributed by atoms with E-state index in [9.17, 15) is 18.8 Å². The average Bonchev–Trinajstić information content (AvgIpc) is 3.48. The summed E-state index contributed by atoms with van der Waals surface area (Å²) in [5, 5.41) is 20.3. The third-order valence-corrected chi connectivity index (χ3v) is 9.32. The summed E-state index contributed by atoms with van der Waals surface area (Å²) in [6.45, 7) is 0.774. The molecule has 1 saturated heterocycles. The van der Waals surface area contributed by atoms with Gasteiger partial charge in [-0.25, -0.2) is 23.5 Å². The van der Waals surface area contributed by atoms with E-state index in [-0.39, 0.29) is 36.8 Å². The van der Waals surface area contributed by atoms with Gasteiger partial charge in [-0.1, -0.05) is 30.3 Å². The third-order valence-electron chi connectivity index (χ3n) is 9.32. The normalized spacial score (nSPS) is 22.9. The first-order chi connectivity index (χ1) is 22.3. The molecule has 2 N–H and O–H groups in total. The summed E-state index contributed by atoms with van der Waals surface area (Å²) in [6.07, 6.45) is 9.86. The van der Waals surface area contributed by atoms with E-state index in [1.54, 1.807) is 26.9 Å². The number of halogens is 2. The molecule has 2 atom stereocenters. The summed E-state index contributed by atoms with van der Waals surface area (Å²) in [7, 11) is 1.86. The van der Waals surface area contributed by atoms with Crippen LogP contribution in [0.2, 0.25) is 0 Å². The molecule has 13 heteroatoms. The fourth-order valence-electron chi connectivity index (χ4n) is 6.69. The number of piperidine rings is 1. The van der Waals surface area contributed by atoms with Gasteiger partial charge in [0.1, 0.15) is 17.5 Å². The topological polar surface area (TPSA) is 128 Å². The highest BCUT2D eigenvalue weighted by Gasteiger charge is 2.72. The monoisotopic (exact) mass is 624 g/mol. The number of nitrogens with one attached hydrogen (secondary N) is 2. The van der Waals surface area contributed by atoms with Crippen molar-refractivity contribution in [3.63, 3.8) is 0 Å². The quantitative estimate of drug-likeness (QED) is 0.281. The van der Waals surface area contributed by atoms with Crippen molar-refractivity contribution in [1.29, 1.82) is 5.26 Å². The highest BCUT2D eigenvalue weighted by molar-refractivity contribution is 5.91. The molecule has 3 aromatic heterocycles. The molecule has 3 aliphatic rings. The van der Waals surface area contributed by atoms with Gasteiger partial charge in [0.15, 0.2) is 5.82 Å². The molecule has 1 aliphatic heterocycles. The molecule has 7 rings (SSSR count). The van der Waals surface area contributed by atoms with Crippen LogP contribution >= 0.6 is 0 Å². The number of hydrogen-bond donors (Lipinski definition) is 2. The Morgan fingerprint density at radius 3 is 2.43 bits per heavy atom. The van der Waals surface area contributed by atoms with Crippen molar-refractivity contribution >= 4 is 23.6 Å². The van der Waals surface area contributed by atoms with Crippen LogP contribution < -0.4 is 20.4 Å². The first-order valence-electron chi connectivity index (χ1n) is 15.5. The Labute approximate surface area is 265 Å². The molecule has 0 spiro atoms. The number of carbonyl (C=O) groups is 1. The van der Waals surface area contributed by atoms with Crippen molar-refractivity contribution in [2.24, 2.45) is 18.9 Å². The maximum atomic E-state index is 13.8. The second kappa shape index (κ2) is 12.0. The SMILES string of the molecule is Cn1cc(-c2ccc(N(C(=O)NCc3ccccc3)C3CCC(Nc4ncc(C#N)c(N5CC6C(C5)C6(F)F)n4)CC3)nc2)cn1. The largest absolute Gasteiger partial charge is 0.354 e. The van der Waals surface area contributed by atoms with Gasteiger partial charge in [0.05, 0.1) is 24.2 Å². The van der Waals surface area contributed by atoms with E-state index in [2.05, 4.69) is 31.8 Å². The van der Waals surface area contributed by atoms with E-state index in [1.165, 1.54) is 6.20 Å². The maximum Gasteiger partial charge on any atom is 0.323 e. The lowest BCUT2D eigenvalue weighted by Crippen LogP contribution is -2.49. The van der Waals surface area contributed by atoms with Crippen molar-refractivity contribution in [2.75, 3.05) is 28.2 Å². The zero-order chi connectivity index (χ0) is 31.8. The Bertz CT molecular complexity index is 1730. The van der Waals surface area contributed by atoms with Crippen molar-refractivity contribution in [2.45, 2.75) is 50.2 Å². The highest BCUT2D eigenvalue weighted by Crippen LogP contribution is 2.59. The van der Waals surface area contributed by atoms with Gasteiger partial charge in [-0.2, -0.15) is 15.3 Å². The molecule has 11 nitrogen and oxygen atoms in total. The maximum absolute atomic E-state index is 13.8. The van der Waals surface area contributed by atoms with Gasteiger partial charge in [0.25, 0.3) is 5.92 Å². The number of urea groups is 1. The number of nitrogens with zero attached hydrogens (tertiary/aromatic N) is 8. The summed E-state index contributed by atoms with van der Waals surface area (Å²) >= 11 is 0. The van der Waals surface area contributed by atoms with Crippen molar-refractivity contribution in [3.05, 3.63) is 78.4 Å². The number of fused-ring (bicyclic) bond motifs is 1. The van der Waals surface area contributed by atoms with Crippen molar-refractivity contribution < 1.29 is 13.6 Å². The van der Waals surface area contributed by atoms with Crippen LogP contribution in [-0.4, -0.2) is 61.9 Å². The van der Waals surface area contributed by atoms with Crippen LogP contribution in [0.4, 0.5) is 31.2 Å². The van der Waals surface area contributed by atoms with Crippen LogP contribution in [0.3, 0.4) is 0 Å². The van der Waals surface area contributed by atoms with Gasteiger partial charge in [-0.15, -0.1) is 0 Å². The zero-order valence-electron chi connectivity index (χ0n) is 25.4. The lowest BCUT2D eigenvalue weighted by atomic mass is 9.90. The van der Waals surface area contributed by atoms with Gasteiger partial charge < -0.3 is 15.5 Å². The van der Waals surface area contributed by atoms with Crippen LogP contribution in [0.15, 0.2) is 67.3 Å². The molecule has 4 heterocycles. The molecule has 1 aromatic carbocycles. The van der Waals surface area contributed by atoms with E-state index >= 15 is 0 Å². The number of carbonyl (C=O) groups excluding carboxylic acids is 1. The molecule has 2 saturated carbocycles. The summed E-state index contributed by atoms with van der Waals surface area (Å²) in [5.74, 6) is -2.61. The number of aryl methyl sites for hydroxylation is 1. The van der Waals surface area contributed by atoms with Crippen LogP contribution in [0.1, 0.15) is 36.8 Å². The summed E-state index contributed by atoms with van der Waals surface area (Å²) in [6, 6.07) is 15.4. The van der Waals surface area contributed by atoms with E-state index in [0.29, 0.717) is 24.1 Å². The van der Waals surface area contributed by atoms with Crippen LogP contribution in [0.25, 0.3) is 11.1 Å². The molecule has 0 radical (unpaired) electrons. The first-order valence-corrected chi connectivity index (χ1v) is 15.5. The van der Waals surface area contributed by atoms with Crippen LogP contribution in [0.5, 0.6) is 0 Å². The number of benzene rings is 1. The second-order valence-corrected chi connectivity index (χ2v) is 12.3. The predicted molar refractivity (Wildman–Crippen MR) is 168 cm³/mol. The summed E-state index contributed by atoms with van der Waals surface area (Å²) < 4.78 is 29.3. The lowest BCUT2D eigenvalue weighted by molar-refractivity contribution is 0.0797. The molecule has 2 aliphatic carbocycles. The number of anilines is 3. The van der Waals surface area contributed by atoms with Crippen LogP contribution in [0, 0.1) is 23.2 Å². The third kappa shape index (κ3) is 5.82. The van der Waals surface area contributed by atoms with Gasteiger partial charge >= 0.3 is 6.03 Å². The fourth-order valence-corrected chi connectivity index (χ4v) is 6.69. The number of pyridine rings is 1. The second-order valence-electron chi connectivity index (χ2n) is 12.3. The van der Waals surface area contributed by atoms with Crippen molar-refractivity contribution in [1.82, 2.24) is 30.0 Å². The molecule has 2 unspecified atom stereocenters. The Kier molecular flexibility index (Phi) is 7.72. The molecule has 46 heavy (non-hydrogen) atoms. The van der Waals surface area contributed by atoms with E-state index < -0.39 is 17.8 Å². The molecule has 3 fully saturated rings. The van der Waals surface area contributed by atoms with Gasteiger partial charge in [0, 0.05) is 62.3 Å². The fraction of sp³-hybridized carbons (Fsp3) is 0.394. The zero-order valence-corrected chi connectivity index (χ0v) is 25.4. The number of nitriles is 1. The highest BCUT2D eigenvalue weighted by atomic mass is 19.3. The molecule has 236 valence electrons. The number of hydrogen-bond acceptors (Lipinski definition) is 8. The Morgan fingerprint density at radius 2 is 1.78 bits per heavy atom. The molecule has 0 bridgehead atoms. The standard InChI is InChI=1S/C33H34F2N10O/c1-43-18-24(17-40-43)22-7-12-29(37-15-22)45(32(46)39-14-21-5-3-2-4-6-21)26-10-8-25(9-11-26)41-31-38-16-23(13-36)30(42-31)44-19-27-28(20-44)33(27,34)35/h2-7,12,15-18,25-28H,8-11,14,19-20H2,1H3,(H,39,46)(H,38,41,42). The van der Waals surface area contributed by atoms with E-state index in [1.807, 2.05) is 55.7 Å². The molecular weight excluding hydrogens is 590 g/mol. The van der Waals surface area contributed by atoms with Crippen LogP contribution in [-0.2, 0) is 13.6 Å².